The summed E-state index contributed by atoms with van der Waals surface area (Å²) in [5, 5.41) is 3.28. The van der Waals surface area contributed by atoms with Crippen molar-refractivity contribution >= 4 is 5.91 Å². The maximum atomic E-state index is 12.6. The average Bonchev–Trinajstić information content (AvgIpc) is 2.47. The lowest BCUT2D eigenvalue weighted by Crippen LogP contribution is -2.52. The van der Waals surface area contributed by atoms with Crippen molar-refractivity contribution < 1.29 is 18.0 Å². The first-order chi connectivity index (χ1) is 9.75. The molecule has 0 aromatic carbocycles. The summed E-state index contributed by atoms with van der Waals surface area (Å²) in [7, 11) is 1.93. The van der Waals surface area contributed by atoms with Gasteiger partial charge in [-0.1, -0.05) is 0 Å². The molecule has 1 saturated carbocycles. The van der Waals surface area contributed by atoms with Crippen LogP contribution in [0.5, 0.6) is 0 Å². The van der Waals surface area contributed by atoms with Crippen molar-refractivity contribution in [1.82, 2.24) is 10.2 Å². The average molecular weight is 306 g/mol. The van der Waals surface area contributed by atoms with E-state index in [0.29, 0.717) is 25.9 Å². The molecule has 1 N–H and O–H groups in total. The third kappa shape index (κ3) is 3.90. The van der Waals surface area contributed by atoms with Crippen molar-refractivity contribution in [3.63, 3.8) is 0 Å². The number of carbonyl (C=O) groups excluding carboxylic acids is 1. The molecule has 0 atom stereocenters. The number of amides is 1. The van der Waals surface area contributed by atoms with Crippen LogP contribution in [0.3, 0.4) is 0 Å². The first-order valence-corrected chi connectivity index (χ1v) is 7.79. The van der Waals surface area contributed by atoms with Gasteiger partial charge >= 0.3 is 6.18 Å². The molecule has 0 aromatic heterocycles. The van der Waals surface area contributed by atoms with E-state index >= 15 is 0 Å². The van der Waals surface area contributed by atoms with Gasteiger partial charge in [0.15, 0.2) is 0 Å². The van der Waals surface area contributed by atoms with Gasteiger partial charge in [0, 0.05) is 24.5 Å². The highest BCUT2D eigenvalue weighted by Crippen LogP contribution is 2.40. The Hall–Kier alpha value is -0.780. The Morgan fingerprint density at radius 1 is 1.14 bits per heavy atom. The summed E-state index contributed by atoms with van der Waals surface area (Å²) >= 11 is 0. The summed E-state index contributed by atoms with van der Waals surface area (Å²) in [5.41, 5.74) is 0.0741. The fourth-order valence-corrected chi connectivity index (χ4v) is 3.40. The lowest BCUT2D eigenvalue weighted by molar-refractivity contribution is -0.185. The van der Waals surface area contributed by atoms with E-state index in [9.17, 15) is 18.0 Å². The van der Waals surface area contributed by atoms with Gasteiger partial charge in [-0.05, 0) is 52.5 Å². The smallest absolute Gasteiger partial charge is 0.342 e. The van der Waals surface area contributed by atoms with E-state index in [1.54, 1.807) is 0 Å². The quantitative estimate of drug-likeness (QED) is 0.851. The van der Waals surface area contributed by atoms with Crippen LogP contribution in [-0.4, -0.2) is 42.7 Å². The summed E-state index contributed by atoms with van der Waals surface area (Å²) in [6.45, 7) is 3.55. The number of hydrogen-bond donors (Lipinski definition) is 1. The predicted octanol–water partition coefficient (Wildman–Crippen LogP) is 2.96. The van der Waals surface area contributed by atoms with Crippen LogP contribution in [0.25, 0.3) is 0 Å². The lowest BCUT2D eigenvalue weighted by atomic mass is 9.80. The van der Waals surface area contributed by atoms with Crippen molar-refractivity contribution in [2.24, 2.45) is 11.8 Å². The highest BCUT2D eigenvalue weighted by Gasteiger charge is 2.43. The Balaban J connectivity index is 1.83. The molecule has 3 nitrogen and oxygen atoms in total. The van der Waals surface area contributed by atoms with Gasteiger partial charge in [0.2, 0.25) is 5.91 Å². The third-order valence-electron chi connectivity index (χ3n) is 5.32. The molecule has 2 fully saturated rings. The molecule has 1 aliphatic heterocycles. The molecule has 1 aliphatic carbocycles. The summed E-state index contributed by atoms with van der Waals surface area (Å²) in [6.07, 6.45) is -1.36. The molecule has 1 heterocycles. The molecule has 0 aromatic rings. The number of nitrogens with one attached hydrogen (secondary N) is 1. The van der Waals surface area contributed by atoms with Gasteiger partial charge in [0.1, 0.15) is 0 Å². The van der Waals surface area contributed by atoms with E-state index < -0.39 is 12.1 Å². The minimum Gasteiger partial charge on any atom is -0.342 e. The second kappa shape index (κ2) is 6.15. The number of rotatable bonds is 2. The lowest BCUT2D eigenvalue weighted by Gasteiger charge is -2.41. The Labute approximate surface area is 124 Å². The molecule has 122 valence electrons. The summed E-state index contributed by atoms with van der Waals surface area (Å²) in [5.74, 6) is -1.35. The van der Waals surface area contributed by atoms with E-state index in [4.69, 9.17) is 0 Å². The zero-order valence-corrected chi connectivity index (χ0v) is 12.8. The van der Waals surface area contributed by atoms with Crippen molar-refractivity contribution in [3.05, 3.63) is 0 Å². The Bertz CT molecular complexity index is 368. The van der Waals surface area contributed by atoms with E-state index in [-0.39, 0.29) is 30.2 Å². The number of hydrogen-bond acceptors (Lipinski definition) is 2. The third-order valence-corrected chi connectivity index (χ3v) is 5.32. The van der Waals surface area contributed by atoms with E-state index in [1.807, 2.05) is 11.9 Å². The summed E-state index contributed by atoms with van der Waals surface area (Å²) < 4.78 is 37.9. The molecule has 0 unspecified atom stereocenters. The van der Waals surface area contributed by atoms with Crippen LogP contribution in [0, 0.1) is 11.8 Å². The molecular formula is C15H25F3N2O. The van der Waals surface area contributed by atoms with Crippen LogP contribution in [0.4, 0.5) is 13.2 Å². The maximum Gasteiger partial charge on any atom is 0.391 e. The van der Waals surface area contributed by atoms with Crippen molar-refractivity contribution in [3.8, 4) is 0 Å². The van der Waals surface area contributed by atoms with Crippen LogP contribution >= 0.6 is 0 Å². The second-order valence-corrected chi connectivity index (χ2v) is 6.73. The molecule has 0 radical (unpaired) electrons. The number of nitrogens with zero attached hydrogens (tertiary/aromatic N) is 1. The predicted molar refractivity (Wildman–Crippen MR) is 74.8 cm³/mol. The highest BCUT2D eigenvalue weighted by atomic mass is 19.4. The van der Waals surface area contributed by atoms with Gasteiger partial charge in [-0.2, -0.15) is 13.2 Å². The largest absolute Gasteiger partial charge is 0.391 e. The standard InChI is InChI=1S/C15H25F3N2O/c1-14(19-2)7-9-20(10-8-14)13(21)11-3-5-12(6-4-11)15(16,17)18/h11-12,19H,3-10H2,1-2H3. The van der Waals surface area contributed by atoms with E-state index in [2.05, 4.69) is 12.2 Å². The van der Waals surface area contributed by atoms with E-state index in [1.165, 1.54) is 0 Å². The van der Waals surface area contributed by atoms with Crippen LogP contribution in [-0.2, 0) is 4.79 Å². The molecular weight excluding hydrogens is 281 g/mol. The van der Waals surface area contributed by atoms with Gasteiger partial charge in [-0.25, -0.2) is 0 Å². The monoisotopic (exact) mass is 306 g/mol. The van der Waals surface area contributed by atoms with Gasteiger partial charge in [0.25, 0.3) is 0 Å². The first kappa shape index (κ1) is 16.6. The molecule has 0 bridgehead atoms. The molecule has 2 rings (SSSR count). The normalized spacial score (nSPS) is 30.2. The minimum absolute atomic E-state index is 0.0637. The molecule has 1 saturated heterocycles. The van der Waals surface area contributed by atoms with Crippen molar-refractivity contribution in [2.75, 3.05) is 20.1 Å². The van der Waals surface area contributed by atoms with Crippen molar-refractivity contribution in [2.45, 2.75) is 57.2 Å². The van der Waals surface area contributed by atoms with Gasteiger partial charge in [0.05, 0.1) is 5.92 Å². The zero-order valence-electron chi connectivity index (χ0n) is 12.8. The van der Waals surface area contributed by atoms with Crippen molar-refractivity contribution in [1.29, 1.82) is 0 Å². The second-order valence-electron chi connectivity index (χ2n) is 6.73. The highest BCUT2D eigenvalue weighted by molar-refractivity contribution is 5.79. The fourth-order valence-electron chi connectivity index (χ4n) is 3.40. The minimum atomic E-state index is -4.10. The Morgan fingerprint density at radius 2 is 1.67 bits per heavy atom. The summed E-state index contributed by atoms with van der Waals surface area (Å²) in [6, 6.07) is 0. The topological polar surface area (TPSA) is 32.3 Å². The van der Waals surface area contributed by atoms with Crippen LogP contribution in [0.2, 0.25) is 0 Å². The van der Waals surface area contributed by atoms with Gasteiger partial charge < -0.3 is 10.2 Å². The SMILES string of the molecule is CNC1(C)CCN(C(=O)C2CCC(C(F)(F)F)CC2)CC1. The molecule has 2 aliphatic rings. The molecule has 1 amide bonds. The molecule has 6 heteroatoms. The number of piperidine rings is 1. The number of halogens is 3. The van der Waals surface area contributed by atoms with E-state index in [0.717, 1.165) is 12.8 Å². The van der Waals surface area contributed by atoms with Crippen LogP contribution < -0.4 is 5.32 Å². The zero-order chi connectivity index (χ0) is 15.7. The Morgan fingerprint density at radius 3 is 2.10 bits per heavy atom. The van der Waals surface area contributed by atoms with Crippen LogP contribution in [0.15, 0.2) is 0 Å². The van der Waals surface area contributed by atoms with Crippen LogP contribution in [0.1, 0.15) is 45.4 Å². The first-order valence-electron chi connectivity index (χ1n) is 7.79. The summed E-state index contributed by atoms with van der Waals surface area (Å²) in [4.78, 5) is 14.3. The molecule has 21 heavy (non-hydrogen) atoms. The maximum absolute atomic E-state index is 12.6. The fraction of sp³-hybridized carbons (Fsp3) is 0.933. The molecule has 0 spiro atoms. The number of carbonyl (C=O) groups is 1. The van der Waals surface area contributed by atoms with Gasteiger partial charge in [-0.3, -0.25) is 4.79 Å². The van der Waals surface area contributed by atoms with Gasteiger partial charge in [-0.15, -0.1) is 0 Å². The Kier molecular flexibility index (Phi) is 4.85. The number of alkyl halides is 3. The number of likely N-dealkylation sites (tertiary alicyclic amines) is 1.